The molecule has 0 aromatic rings. The molecule has 1 heterocycles. The molecule has 5 heteroatoms. The number of hydrogen-bond acceptors (Lipinski definition) is 5. The Hall–Kier alpha value is -1.91. The average Bonchev–Trinajstić information content (AvgIpc) is 2.67. The molecule has 0 saturated carbocycles. The van der Waals surface area contributed by atoms with Gasteiger partial charge in [-0.2, -0.15) is 0 Å². The lowest BCUT2D eigenvalue weighted by molar-refractivity contribution is -0.143. The van der Waals surface area contributed by atoms with Gasteiger partial charge in [0.1, 0.15) is 5.76 Å². The SMILES string of the molecule is CCOC(=O)CCCC1=CC(=O)C(C=CC(C)=O)O1. The molecule has 1 atom stereocenters. The van der Waals surface area contributed by atoms with Crippen molar-refractivity contribution in [1.82, 2.24) is 0 Å². The van der Waals surface area contributed by atoms with Crippen LogP contribution < -0.4 is 0 Å². The van der Waals surface area contributed by atoms with Crippen LogP contribution in [0.25, 0.3) is 0 Å². The third-order valence-corrected chi connectivity index (χ3v) is 2.48. The number of allylic oxidation sites excluding steroid dienone is 2. The van der Waals surface area contributed by atoms with E-state index < -0.39 is 6.10 Å². The highest BCUT2D eigenvalue weighted by molar-refractivity contribution is 5.98. The maximum atomic E-state index is 11.5. The Kier molecular flexibility index (Phi) is 5.99. The van der Waals surface area contributed by atoms with Crippen molar-refractivity contribution >= 4 is 17.5 Å². The van der Waals surface area contributed by atoms with Gasteiger partial charge in [-0.3, -0.25) is 14.4 Å². The predicted molar refractivity (Wildman–Crippen MR) is 68.3 cm³/mol. The van der Waals surface area contributed by atoms with E-state index in [1.54, 1.807) is 6.92 Å². The van der Waals surface area contributed by atoms with Crippen LogP contribution in [0.3, 0.4) is 0 Å². The second-order valence-electron chi connectivity index (χ2n) is 4.18. The van der Waals surface area contributed by atoms with Crippen LogP contribution in [0.4, 0.5) is 0 Å². The van der Waals surface area contributed by atoms with Crippen LogP contribution in [0.1, 0.15) is 33.1 Å². The van der Waals surface area contributed by atoms with Crippen LogP contribution in [0.2, 0.25) is 0 Å². The van der Waals surface area contributed by atoms with E-state index in [1.807, 2.05) is 0 Å². The molecule has 0 spiro atoms. The van der Waals surface area contributed by atoms with Crippen molar-refractivity contribution in [2.24, 2.45) is 0 Å². The second-order valence-corrected chi connectivity index (χ2v) is 4.18. The topological polar surface area (TPSA) is 69.7 Å². The zero-order chi connectivity index (χ0) is 14.3. The highest BCUT2D eigenvalue weighted by atomic mass is 16.5. The monoisotopic (exact) mass is 266 g/mol. The summed E-state index contributed by atoms with van der Waals surface area (Å²) in [4.78, 5) is 33.4. The average molecular weight is 266 g/mol. The van der Waals surface area contributed by atoms with E-state index in [1.165, 1.54) is 25.2 Å². The van der Waals surface area contributed by atoms with Gasteiger partial charge >= 0.3 is 5.97 Å². The number of rotatable bonds is 7. The van der Waals surface area contributed by atoms with Crippen molar-refractivity contribution in [3.05, 3.63) is 24.0 Å². The van der Waals surface area contributed by atoms with Crippen molar-refractivity contribution in [3.63, 3.8) is 0 Å². The maximum Gasteiger partial charge on any atom is 0.305 e. The molecule has 19 heavy (non-hydrogen) atoms. The molecule has 1 aliphatic heterocycles. The van der Waals surface area contributed by atoms with Crippen LogP contribution in [0.5, 0.6) is 0 Å². The minimum Gasteiger partial charge on any atom is -0.482 e. The number of ketones is 2. The number of hydrogen-bond donors (Lipinski definition) is 0. The lowest BCUT2D eigenvalue weighted by atomic mass is 10.2. The number of ether oxygens (including phenoxy) is 2. The quantitative estimate of drug-likeness (QED) is 0.518. The van der Waals surface area contributed by atoms with Gasteiger partial charge in [0.25, 0.3) is 0 Å². The van der Waals surface area contributed by atoms with Gasteiger partial charge in [0.15, 0.2) is 11.9 Å². The van der Waals surface area contributed by atoms with Gasteiger partial charge in [-0.25, -0.2) is 0 Å². The first-order valence-electron chi connectivity index (χ1n) is 6.28. The molecule has 5 nitrogen and oxygen atoms in total. The first-order chi connectivity index (χ1) is 9.02. The van der Waals surface area contributed by atoms with Crippen LogP contribution >= 0.6 is 0 Å². The Morgan fingerprint density at radius 1 is 1.47 bits per heavy atom. The fourth-order valence-corrected chi connectivity index (χ4v) is 1.62. The molecule has 0 aromatic heterocycles. The van der Waals surface area contributed by atoms with E-state index in [9.17, 15) is 14.4 Å². The third kappa shape index (κ3) is 5.50. The van der Waals surface area contributed by atoms with Gasteiger partial charge in [0.05, 0.1) is 6.61 Å². The summed E-state index contributed by atoms with van der Waals surface area (Å²) in [6.45, 7) is 3.53. The number of esters is 1. The summed E-state index contributed by atoms with van der Waals surface area (Å²) in [6.07, 6.45) is 4.85. The summed E-state index contributed by atoms with van der Waals surface area (Å²) in [5.41, 5.74) is 0. The summed E-state index contributed by atoms with van der Waals surface area (Å²) in [5, 5.41) is 0. The van der Waals surface area contributed by atoms with Crippen LogP contribution in [0, 0.1) is 0 Å². The molecule has 0 saturated heterocycles. The molecular weight excluding hydrogens is 248 g/mol. The zero-order valence-electron chi connectivity index (χ0n) is 11.2. The summed E-state index contributed by atoms with van der Waals surface area (Å²) < 4.78 is 10.2. The van der Waals surface area contributed by atoms with Gasteiger partial charge in [-0.1, -0.05) is 0 Å². The molecule has 0 fully saturated rings. The molecule has 1 unspecified atom stereocenters. The number of carbonyl (C=O) groups excluding carboxylic acids is 3. The van der Waals surface area contributed by atoms with Crippen molar-refractivity contribution in [2.45, 2.75) is 39.2 Å². The first kappa shape index (κ1) is 15.1. The minimum atomic E-state index is -0.707. The zero-order valence-corrected chi connectivity index (χ0v) is 11.2. The highest BCUT2D eigenvalue weighted by Crippen LogP contribution is 2.20. The summed E-state index contributed by atoms with van der Waals surface area (Å²) >= 11 is 0. The Balaban J connectivity index is 2.34. The molecule has 0 aromatic carbocycles. The number of carbonyl (C=O) groups is 3. The Morgan fingerprint density at radius 3 is 2.84 bits per heavy atom. The largest absolute Gasteiger partial charge is 0.482 e. The molecule has 1 rings (SSSR count). The summed E-state index contributed by atoms with van der Waals surface area (Å²) in [6, 6.07) is 0. The van der Waals surface area contributed by atoms with E-state index in [-0.39, 0.29) is 17.5 Å². The van der Waals surface area contributed by atoms with Crippen LogP contribution in [-0.4, -0.2) is 30.2 Å². The molecule has 0 N–H and O–H groups in total. The fraction of sp³-hybridized carbons (Fsp3) is 0.500. The van der Waals surface area contributed by atoms with E-state index in [4.69, 9.17) is 9.47 Å². The van der Waals surface area contributed by atoms with Gasteiger partial charge < -0.3 is 9.47 Å². The van der Waals surface area contributed by atoms with Crippen molar-refractivity contribution in [3.8, 4) is 0 Å². The fourth-order valence-electron chi connectivity index (χ4n) is 1.62. The van der Waals surface area contributed by atoms with Crippen LogP contribution in [0.15, 0.2) is 24.0 Å². The molecule has 1 aliphatic rings. The minimum absolute atomic E-state index is 0.132. The van der Waals surface area contributed by atoms with E-state index >= 15 is 0 Å². The summed E-state index contributed by atoms with van der Waals surface area (Å²) in [5.74, 6) is -0.0104. The lowest BCUT2D eigenvalue weighted by Crippen LogP contribution is -2.13. The van der Waals surface area contributed by atoms with Crippen LogP contribution in [-0.2, 0) is 23.9 Å². The highest BCUT2D eigenvalue weighted by Gasteiger charge is 2.24. The van der Waals surface area contributed by atoms with Gasteiger partial charge in [0.2, 0.25) is 5.78 Å². The molecular formula is C14H18O5. The maximum absolute atomic E-state index is 11.5. The molecule has 0 bridgehead atoms. The lowest BCUT2D eigenvalue weighted by Gasteiger charge is -2.07. The van der Waals surface area contributed by atoms with E-state index in [0.717, 1.165) is 0 Å². The van der Waals surface area contributed by atoms with E-state index in [0.29, 0.717) is 31.6 Å². The van der Waals surface area contributed by atoms with Crippen molar-refractivity contribution in [1.29, 1.82) is 0 Å². The summed E-state index contributed by atoms with van der Waals surface area (Å²) in [7, 11) is 0. The van der Waals surface area contributed by atoms with Gasteiger partial charge in [-0.05, 0) is 32.4 Å². The smallest absolute Gasteiger partial charge is 0.305 e. The predicted octanol–water partition coefficient (Wildman–Crippen LogP) is 1.72. The van der Waals surface area contributed by atoms with E-state index in [2.05, 4.69) is 0 Å². The standard InChI is InChI=1S/C14H18O5/c1-3-18-14(17)6-4-5-11-9-12(16)13(19-11)8-7-10(2)15/h7-9,13H,3-6H2,1-2H3. The molecule has 0 amide bonds. The van der Waals surface area contributed by atoms with Gasteiger partial charge in [0, 0.05) is 18.9 Å². The first-order valence-corrected chi connectivity index (χ1v) is 6.28. The Morgan fingerprint density at radius 2 is 2.21 bits per heavy atom. The Bertz CT molecular complexity index is 420. The second kappa shape index (κ2) is 7.51. The van der Waals surface area contributed by atoms with Crippen molar-refractivity contribution < 1.29 is 23.9 Å². The normalized spacial score (nSPS) is 18.3. The molecule has 104 valence electrons. The molecule has 0 aliphatic carbocycles. The van der Waals surface area contributed by atoms with Crippen molar-refractivity contribution in [2.75, 3.05) is 6.61 Å². The molecule has 0 radical (unpaired) electrons. The van der Waals surface area contributed by atoms with Gasteiger partial charge in [-0.15, -0.1) is 0 Å². The third-order valence-electron chi connectivity index (χ3n) is 2.48. The Labute approximate surface area is 112 Å².